The van der Waals surface area contributed by atoms with Crippen molar-refractivity contribution in [3.05, 3.63) is 24.2 Å². The second kappa shape index (κ2) is 6.20. The summed E-state index contributed by atoms with van der Waals surface area (Å²) < 4.78 is 35.3. The minimum atomic E-state index is -3.42. The summed E-state index contributed by atoms with van der Waals surface area (Å²) in [6.45, 7) is 4.02. The molecule has 0 spiro atoms. The molecule has 3 fully saturated rings. The van der Waals surface area contributed by atoms with E-state index in [4.69, 9.17) is 4.42 Å². The summed E-state index contributed by atoms with van der Waals surface area (Å²) in [5.41, 5.74) is 0. The SMILES string of the molecule is O=S(=O)(N1CCCN2CCCC2C1)N1CCCC1c1ccco1. The van der Waals surface area contributed by atoms with E-state index in [0.29, 0.717) is 25.7 Å². The van der Waals surface area contributed by atoms with Gasteiger partial charge in [-0.2, -0.15) is 17.0 Å². The second-order valence-corrected chi connectivity index (χ2v) is 8.72. The Balaban J connectivity index is 1.56. The maximum Gasteiger partial charge on any atom is 0.282 e. The van der Waals surface area contributed by atoms with Crippen LogP contribution in [0, 0.1) is 0 Å². The van der Waals surface area contributed by atoms with Gasteiger partial charge in [0.05, 0.1) is 12.3 Å². The number of hydrogen-bond donors (Lipinski definition) is 0. The van der Waals surface area contributed by atoms with Crippen molar-refractivity contribution in [3.8, 4) is 0 Å². The third-order valence-electron chi connectivity index (χ3n) is 5.46. The van der Waals surface area contributed by atoms with Gasteiger partial charge in [-0.1, -0.05) is 0 Å². The van der Waals surface area contributed by atoms with Crippen molar-refractivity contribution in [1.29, 1.82) is 0 Å². The Bertz CT molecular complexity index is 631. The van der Waals surface area contributed by atoms with Crippen molar-refractivity contribution in [2.75, 3.05) is 32.7 Å². The lowest BCUT2D eigenvalue weighted by Gasteiger charge is -2.31. The predicted molar refractivity (Wildman–Crippen MR) is 87.1 cm³/mol. The number of fused-ring (bicyclic) bond motifs is 1. The summed E-state index contributed by atoms with van der Waals surface area (Å²) >= 11 is 0. The molecule has 2 unspecified atom stereocenters. The van der Waals surface area contributed by atoms with Crippen LogP contribution >= 0.6 is 0 Å². The van der Waals surface area contributed by atoms with Crippen molar-refractivity contribution >= 4 is 10.2 Å². The lowest BCUT2D eigenvalue weighted by atomic mass is 10.2. The molecule has 0 aromatic carbocycles. The van der Waals surface area contributed by atoms with Crippen molar-refractivity contribution in [2.45, 2.75) is 44.2 Å². The predicted octanol–water partition coefficient (Wildman–Crippen LogP) is 1.83. The molecule has 128 valence electrons. The van der Waals surface area contributed by atoms with Gasteiger partial charge in [0.25, 0.3) is 10.2 Å². The summed E-state index contributed by atoms with van der Waals surface area (Å²) in [4.78, 5) is 2.46. The van der Waals surface area contributed by atoms with Gasteiger partial charge in [-0.25, -0.2) is 0 Å². The Kier molecular flexibility index (Phi) is 4.21. The van der Waals surface area contributed by atoms with Gasteiger partial charge in [0, 0.05) is 25.7 Å². The van der Waals surface area contributed by atoms with E-state index < -0.39 is 10.2 Å². The minimum absolute atomic E-state index is 0.141. The lowest BCUT2D eigenvalue weighted by Crippen LogP contribution is -2.46. The monoisotopic (exact) mass is 339 g/mol. The molecule has 0 N–H and O–H groups in total. The molecule has 2 atom stereocenters. The van der Waals surface area contributed by atoms with Gasteiger partial charge in [-0.3, -0.25) is 4.90 Å². The molecule has 7 heteroatoms. The fourth-order valence-electron chi connectivity index (χ4n) is 4.31. The third-order valence-corrected chi connectivity index (χ3v) is 7.48. The normalized spacial score (nSPS) is 31.3. The molecule has 1 aromatic heterocycles. The first kappa shape index (κ1) is 15.6. The molecule has 0 saturated carbocycles. The van der Waals surface area contributed by atoms with Crippen LogP contribution in [0.3, 0.4) is 0 Å². The fourth-order valence-corrected chi connectivity index (χ4v) is 6.22. The van der Waals surface area contributed by atoms with E-state index in [1.165, 1.54) is 6.42 Å². The van der Waals surface area contributed by atoms with Gasteiger partial charge in [-0.05, 0) is 57.3 Å². The van der Waals surface area contributed by atoms with Gasteiger partial charge in [0.1, 0.15) is 5.76 Å². The average molecular weight is 339 g/mol. The standard InChI is InChI=1S/C16H25N3O3S/c20-23(21,18-10-4-9-17-8-1-5-14(17)13-18)19-11-2-6-15(19)16-7-3-12-22-16/h3,7,12,14-15H,1-2,4-6,8-11,13H2. The van der Waals surface area contributed by atoms with Crippen LogP contribution in [-0.2, 0) is 10.2 Å². The smallest absolute Gasteiger partial charge is 0.282 e. The molecule has 0 bridgehead atoms. The second-order valence-electron chi connectivity index (χ2n) is 6.84. The molecule has 3 saturated heterocycles. The first-order chi connectivity index (χ1) is 11.2. The van der Waals surface area contributed by atoms with Crippen molar-refractivity contribution in [2.24, 2.45) is 0 Å². The summed E-state index contributed by atoms with van der Waals surface area (Å²) in [6, 6.07) is 3.98. The van der Waals surface area contributed by atoms with Gasteiger partial charge in [-0.15, -0.1) is 0 Å². The van der Waals surface area contributed by atoms with E-state index in [-0.39, 0.29) is 6.04 Å². The molecule has 4 heterocycles. The first-order valence-corrected chi connectivity index (χ1v) is 10.1. The van der Waals surface area contributed by atoms with E-state index in [1.54, 1.807) is 14.9 Å². The quantitative estimate of drug-likeness (QED) is 0.843. The van der Waals surface area contributed by atoms with Crippen LogP contribution < -0.4 is 0 Å². The van der Waals surface area contributed by atoms with Crippen molar-refractivity contribution in [1.82, 2.24) is 13.5 Å². The van der Waals surface area contributed by atoms with E-state index in [0.717, 1.165) is 44.5 Å². The van der Waals surface area contributed by atoms with Crippen LogP contribution in [0.15, 0.2) is 22.8 Å². The molecular formula is C16H25N3O3S. The van der Waals surface area contributed by atoms with E-state index in [1.807, 2.05) is 12.1 Å². The molecular weight excluding hydrogens is 314 g/mol. The Morgan fingerprint density at radius 3 is 2.70 bits per heavy atom. The van der Waals surface area contributed by atoms with Crippen LogP contribution in [0.1, 0.15) is 43.9 Å². The molecule has 23 heavy (non-hydrogen) atoms. The topological polar surface area (TPSA) is 57.0 Å². The highest BCUT2D eigenvalue weighted by Crippen LogP contribution is 2.36. The van der Waals surface area contributed by atoms with Crippen LogP contribution in [0.2, 0.25) is 0 Å². The summed E-state index contributed by atoms with van der Waals surface area (Å²) in [7, 11) is -3.42. The van der Waals surface area contributed by atoms with Gasteiger partial charge in [0.2, 0.25) is 0 Å². The van der Waals surface area contributed by atoms with E-state index >= 15 is 0 Å². The Labute approximate surface area is 138 Å². The number of furan rings is 1. The number of rotatable bonds is 3. The summed E-state index contributed by atoms with van der Waals surface area (Å²) in [6.07, 6.45) is 6.60. The van der Waals surface area contributed by atoms with Gasteiger partial charge >= 0.3 is 0 Å². The Morgan fingerprint density at radius 1 is 1.04 bits per heavy atom. The first-order valence-electron chi connectivity index (χ1n) is 8.70. The zero-order valence-electron chi connectivity index (χ0n) is 13.4. The fraction of sp³-hybridized carbons (Fsp3) is 0.750. The molecule has 1 aromatic rings. The number of hydrogen-bond acceptors (Lipinski definition) is 4. The van der Waals surface area contributed by atoms with Crippen molar-refractivity contribution < 1.29 is 12.8 Å². The zero-order valence-corrected chi connectivity index (χ0v) is 14.2. The van der Waals surface area contributed by atoms with Crippen LogP contribution in [0.25, 0.3) is 0 Å². The molecule has 3 aliphatic heterocycles. The molecule has 0 radical (unpaired) electrons. The molecule has 4 rings (SSSR count). The Morgan fingerprint density at radius 2 is 1.87 bits per heavy atom. The van der Waals surface area contributed by atoms with Gasteiger partial charge in [0.15, 0.2) is 0 Å². The van der Waals surface area contributed by atoms with Crippen LogP contribution in [0.5, 0.6) is 0 Å². The zero-order chi connectivity index (χ0) is 15.9. The van der Waals surface area contributed by atoms with Crippen LogP contribution in [0.4, 0.5) is 0 Å². The molecule has 0 amide bonds. The van der Waals surface area contributed by atoms with E-state index in [9.17, 15) is 8.42 Å². The Hall–Kier alpha value is -0.890. The summed E-state index contributed by atoms with van der Waals surface area (Å²) in [5, 5.41) is 0. The highest BCUT2D eigenvalue weighted by atomic mass is 32.2. The largest absolute Gasteiger partial charge is 0.468 e. The maximum absolute atomic E-state index is 13.2. The van der Waals surface area contributed by atoms with E-state index in [2.05, 4.69) is 4.90 Å². The molecule has 6 nitrogen and oxygen atoms in total. The van der Waals surface area contributed by atoms with Crippen molar-refractivity contribution in [3.63, 3.8) is 0 Å². The minimum Gasteiger partial charge on any atom is -0.468 e. The lowest BCUT2D eigenvalue weighted by molar-refractivity contribution is 0.249. The van der Waals surface area contributed by atoms with Gasteiger partial charge < -0.3 is 4.42 Å². The highest BCUT2D eigenvalue weighted by Gasteiger charge is 2.42. The number of nitrogens with zero attached hydrogens (tertiary/aromatic N) is 3. The third kappa shape index (κ3) is 2.84. The molecule has 0 aliphatic carbocycles. The molecule has 3 aliphatic rings. The summed E-state index contributed by atoms with van der Waals surface area (Å²) in [5.74, 6) is 0.767. The maximum atomic E-state index is 13.2. The van der Waals surface area contributed by atoms with Crippen LogP contribution in [-0.4, -0.2) is 60.7 Å². The highest BCUT2D eigenvalue weighted by molar-refractivity contribution is 7.86. The average Bonchev–Trinajstić information content (AvgIpc) is 3.25.